The summed E-state index contributed by atoms with van der Waals surface area (Å²) in [6.45, 7) is 5.32. The molecule has 0 radical (unpaired) electrons. The van der Waals surface area contributed by atoms with Gasteiger partial charge in [-0.15, -0.1) is 0 Å². The molecule has 1 amide bonds. The fraction of sp³-hybridized carbons (Fsp3) is 0.472. The number of amides is 1. The zero-order valence-corrected chi connectivity index (χ0v) is 27.5. The quantitative estimate of drug-likeness (QED) is 0.250. The second-order valence-corrected chi connectivity index (χ2v) is 14.5. The van der Waals surface area contributed by atoms with Gasteiger partial charge in [-0.2, -0.15) is 9.97 Å². The Hall–Kier alpha value is -4.09. The van der Waals surface area contributed by atoms with Crippen LogP contribution in [0.2, 0.25) is 5.02 Å². The molecule has 2 bridgehead atoms. The molecular formula is C36H36ClFN6O4. The molecule has 4 aromatic rings. The summed E-state index contributed by atoms with van der Waals surface area (Å²) in [4.78, 5) is 46.0. The van der Waals surface area contributed by atoms with Gasteiger partial charge in [0, 0.05) is 47.3 Å². The number of aromatic nitrogens is 3. The average Bonchev–Trinajstić information content (AvgIpc) is 3.76. The fourth-order valence-corrected chi connectivity index (χ4v) is 9.18. The van der Waals surface area contributed by atoms with Crippen molar-refractivity contribution >= 4 is 51.0 Å². The van der Waals surface area contributed by atoms with Gasteiger partial charge >= 0.3 is 12.0 Å². The summed E-state index contributed by atoms with van der Waals surface area (Å²) >= 11 is 6.64. The Morgan fingerprint density at radius 3 is 2.52 bits per heavy atom. The van der Waals surface area contributed by atoms with E-state index in [4.69, 9.17) is 31.0 Å². The van der Waals surface area contributed by atoms with Gasteiger partial charge in [-0.05, 0) is 70.0 Å². The Morgan fingerprint density at radius 1 is 1.08 bits per heavy atom. The maximum Gasteiger partial charge on any atom is 0.319 e. The maximum atomic E-state index is 16.9. The molecule has 5 aliphatic rings. The second-order valence-electron chi connectivity index (χ2n) is 14.0. The van der Waals surface area contributed by atoms with Gasteiger partial charge in [0.05, 0.1) is 10.9 Å². The van der Waals surface area contributed by atoms with Crippen molar-refractivity contribution in [2.45, 2.75) is 69.2 Å². The zero-order valence-electron chi connectivity index (χ0n) is 26.7. The van der Waals surface area contributed by atoms with Gasteiger partial charge in [0.1, 0.15) is 29.6 Å². The standard InChI is InChI=1S/C36H36ClFN6O4/c1-20-31(48-34(20)46)33(45)44-22-10-11-23(44)18-42(17-22)32-25-16-39-29(24-8-2-6-21-7-3-9-26(37)27(21)24)28(38)30(25)40-35(41-32)47-19-36-12-4-14-43(36)15-5-13-36/h2-3,6-9,16,20,22-23,31H,4-5,10-15,17-19H2,1H3/t20-,22?,23?,31-/m0/s1. The lowest BCUT2D eigenvalue weighted by molar-refractivity contribution is -0.192. The molecule has 7 heterocycles. The molecule has 5 saturated heterocycles. The van der Waals surface area contributed by atoms with Gasteiger partial charge in [-0.25, -0.2) is 4.39 Å². The highest BCUT2D eigenvalue weighted by Crippen LogP contribution is 2.42. The normalized spacial score (nSPS) is 26.2. The number of nitrogens with zero attached hydrogens (tertiary/aromatic N) is 6. The van der Waals surface area contributed by atoms with E-state index in [1.807, 2.05) is 35.2 Å². The maximum absolute atomic E-state index is 16.9. The average molecular weight is 671 g/mol. The van der Waals surface area contributed by atoms with Crippen LogP contribution in [-0.2, 0) is 14.3 Å². The zero-order chi connectivity index (χ0) is 32.7. The molecule has 2 unspecified atom stereocenters. The molecule has 0 N–H and O–H groups in total. The number of esters is 1. The van der Waals surface area contributed by atoms with Crippen LogP contribution in [0.15, 0.2) is 42.6 Å². The Morgan fingerprint density at radius 2 is 1.81 bits per heavy atom. The lowest BCUT2D eigenvalue weighted by Crippen LogP contribution is -2.62. The number of hydrogen-bond donors (Lipinski definition) is 0. The predicted octanol–water partition coefficient (Wildman–Crippen LogP) is 5.39. The van der Waals surface area contributed by atoms with E-state index in [1.54, 1.807) is 19.2 Å². The molecule has 9 rings (SSSR count). The Kier molecular flexibility index (Phi) is 7.02. The van der Waals surface area contributed by atoms with Crippen LogP contribution in [0.5, 0.6) is 6.01 Å². The van der Waals surface area contributed by atoms with Crippen molar-refractivity contribution in [1.82, 2.24) is 24.8 Å². The van der Waals surface area contributed by atoms with E-state index in [-0.39, 0.29) is 46.7 Å². The summed E-state index contributed by atoms with van der Waals surface area (Å²) in [5.41, 5.74) is 0.848. The first kappa shape index (κ1) is 30.0. The van der Waals surface area contributed by atoms with E-state index in [2.05, 4.69) is 14.8 Å². The first-order chi connectivity index (χ1) is 23.3. The summed E-state index contributed by atoms with van der Waals surface area (Å²) in [5.74, 6) is -0.919. The lowest BCUT2D eigenvalue weighted by Gasteiger charge is -2.44. The van der Waals surface area contributed by atoms with E-state index in [9.17, 15) is 9.59 Å². The third-order valence-electron chi connectivity index (χ3n) is 11.4. The molecule has 12 heteroatoms. The predicted molar refractivity (Wildman–Crippen MR) is 178 cm³/mol. The van der Waals surface area contributed by atoms with E-state index in [1.165, 1.54) is 0 Å². The van der Waals surface area contributed by atoms with E-state index in [0.717, 1.165) is 62.4 Å². The molecule has 0 saturated carbocycles. The molecule has 0 aliphatic carbocycles. The molecule has 5 fully saturated rings. The van der Waals surface area contributed by atoms with Crippen LogP contribution in [-0.4, -0.2) is 93.1 Å². The number of carbonyl (C=O) groups excluding carboxylic acids is 2. The second kappa shape index (κ2) is 11.2. The number of halogens is 2. The highest BCUT2D eigenvalue weighted by atomic mass is 35.5. The largest absolute Gasteiger partial charge is 0.461 e. The van der Waals surface area contributed by atoms with E-state index < -0.39 is 17.8 Å². The van der Waals surface area contributed by atoms with Gasteiger partial charge < -0.3 is 19.3 Å². The van der Waals surface area contributed by atoms with Gasteiger partial charge in [-0.3, -0.25) is 19.5 Å². The van der Waals surface area contributed by atoms with Crippen LogP contribution in [0.25, 0.3) is 32.9 Å². The number of carbonyl (C=O) groups is 2. The van der Waals surface area contributed by atoms with Crippen molar-refractivity contribution < 1.29 is 23.5 Å². The smallest absolute Gasteiger partial charge is 0.319 e. The van der Waals surface area contributed by atoms with Crippen LogP contribution in [0.4, 0.5) is 10.2 Å². The van der Waals surface area contributed by atoms with Crippen molar-refractivity contribution in [2.24, 2.45) is 5.92 Å². The van der Waals surface area contributed by atoms with Gasteiger partial charge in [-0.1, -0.05) is 41.9 Å². The van der Waals surface area contributed by atoms with Crippen LogP contribution < -0.4 is 9.64 Å². The number of cyclic esters (lactones) is 1. The topological polar surface area (TPSA) is 101 Å². The van der Waals surface area contributed by atoms with Crippen molar-refractivity contribution in [3.8, 4) is 17.3 Å². The minimum atomic E-state index is -0.726. The molecular weight excluding hydrogens is 635 g/mol. The van der Waals surface area contributed by atoms with E-state index >= 15 is 4.39 Å². The first-order valence-corrected chi connectivity index (χ1v) is 17.4. The highest BCUT2D eigenvalue weighted by Gasteiger charge is 2.52. The molecule has 248 valence electrons. The van der Waals surface area contributed by atoms with E-state index in [0.29, 0.717) is 41.5 Å². The van der Waals surface area contributed by atoms with Crippen LogP contribution in [0.1, 0.15) is 45.4 Å². The highest BCUT2D eigenvalue weighted by molar-refractivity contribution is 6.36. The Bertz CT molecular complexity index is 1960. The van der Waals surface area contributed by atoms with Crippen molar-refractivity contribution in [3.05, 3.63) is 53.4 Å². The molecule has 2 aromatic heterocycles. The summed E-state index contributed by atoms with van der Waals surface area (Å²) in [6.07, 6.45) is 6.96. The summed E-state index contributed by atoms with van der Waals surface area (Å²) in [6, 6.07) is 11.2. The summed E-state index contributed by atoms with van der Waals surface area (Å²) < 4.78 is 28.5. The number of anilines is 1. The summed E-state index contributed by atoms with van der Waals surface area (Å²) in [7, 11) is 0. The van der Waals surface area contributed by atoms with Crippen LogP contribution >= 0.6 is 11.6 Å². The third kappa shape index (κ3) is 4.57. The van der Waals surface area contributed by atoms with Crippen molar-refractivity contribution in [2.75, 3.05) is 37.7 Å². The van der Waals surface area contributed by atoms with Gasteiger partial charge in [0.15, 0.2) is 11.9 Å². The van der Waals surface area contributed by atoms with Gasteiger partial charge in [0.2, 0.25) is 0 Å². The molecule has 48 heavy (non-hydrogen) atoms. The number of ether oxygens (including phenoxy) is 2. The minimum absolute atomic E-state index is 0.0344. The van der Waals surface area contributed by atoms with Crippen LogP contribution in [0.3, 0.4) is 0 Å². The fourth-order valence-electron chi connectivity index (χ4n) is 8.90. The molecule has 0 spiro atoms. The third-order valence-corrected chi connectivity index (χ3v) is 11.7. The first-order valence-electron chi connectivity index (χ1n) is 17.0. The van der Waals surface area contributed by atoms with Crippen molar-refractivity contribution in [1.29, 1.82) is 0 Å². The van der Waals surface area contributed by atoms with Gasteiger partial charge in [0.25, 0.3) is 5.91 Å². The Labute approximate surface area is 282 Å². The monoisotopic (exact) mass is 670 g/mol. The molecule has 10 nitrogen and oxygen atoms in total. The molecule has 5 aliphatic heterocycles. The number of hydrogen-bond acceptors (Lipinski definition) is 9. The lowest BCUT2D eigenvalue weighted by atomic mass is 9.95. The number of pyridine rings is 1. The number of benzene rings is 2. The number of rotatable bonds is 6. The molecule has 2 aromatic carbocycles. The SMILES string of the molecule is C[C@@H]1C(=O)O[C@@H]1C(=O)N1C2CCC1CN(c1nc(OCC34CCCN3CCC4)nc3c(F)c(-c4cccc5cccc(Cl)c45)ncc13)C2. The van der Waals surface area contributed by atoms with Crippen LogP contribution in [0, 0.1) is 11.7 Å². The number of fused-ring (bicyclic) bond motifs is 5. The molecule has 4 atom stereocenters. The number of piperazine rings is 1. The summed E-state index contributed by atoms with van der Waals surface area (Å²) in [5, 5.41) is 2.61. The van der Waals surface area contributed by atoms with Crippen molar-refractivity contribution in [3.63, 3.8) is 0 Å². The minimum Gasteiger partial charge on any atom is -0.461 e. The Balaban J connectivity index is 1.11.